The Morgan fingerprint density at radius 1 is 0.368 bits per heavy atom. The molecule has 19 nitrogen and oxygen atoms in total. The number of hydrogen-bond acceptors (Lipinski definition) is 18. The van der Waals surface area contributed by atoms with Gasteiger partial charge in [-0.3, -0.25) is 4.79 Å². The zero-order chi connectivity index (χ0) is 68.9. The lowest BCUT2D eigenvalue weighted by Crippen LogP contribution is -2.66. The number of nitrogens with one attached hydrogen (secondary N) is 1. The minimum Gasteiger partial charge on any atom is -0.394 e. The number of aliphatic hydroxyl groups excluding tert-OH is 11. The first-order chi connectivity index (χ1) is 46.3. The molecule has 19 heteroatoms. The molecule has 0 aromatic heterocycles. The first kappa shape index (κ1) is 87.7. The van der Waals surface area contributed by atoms with Crippen molar-refractivity contribution in [1.29, 1.82) is 0 Å². The lowest BCUT2D eigenvalue weighted by Gasteiger charge is -2.48. The second kappa shape index (κ2) is 58.1. The second-order valence-electron chi connectivity index (χ2n) is 28.5. The maximum absolute atomic E-state index is 13.4. The van der Waals surface area contributed by atoms with E-state index in [4.69, 9.17) is 28.4 Å². The molecule has 3 heterocycles. The Hall–Kier alpha value is -1.47. The molecule has 95 heavy (non-hydrogen) atoms. The highest BCUT2D eigenvalue weighted by atomic mass is 16.8. The van der Waals surface area contributed by atoms with Gasteiger partial charge in [0.1, 0.15) is 73.2 Å². The van der Waals surface area contributed by atoms with Crippen molar-refractivity contribution in [1.82, 2.24) is 5.32 Å². The quantitative estimate of drug-likeness (QED) is 0.0199. The largest absolute Gasteiger partial charge is 0.394 e. The standard InChI is InChI=1S/C76H145NO18/c1-3-5-7-9-11-13-14-15-16-17-18-19-20-21-22-23-24-25-26-27-28-29-30-31-32-33-34-35-36-37-38-39-40-41-42-43-44-46-48-50-52-54-64(82)77-59(60(81)53-51-49-47-45-12-10-8-6-4-2)58-90-74-70(88)67(85)72(62(56-79)92-74)95-76-71(89)68(86)73(63(57-80)93-76)94-75-69(87)66(84)65(83)61(55-78)91-75/h17-18,59-63,65-76,78-81,83-89H,3-16,19-58H2,1-2H3,(H,77,82)/b18-17-. The number of carbonyl (C=O) groups excluding carboxylic acids is 1. The Balaban J connectivity index is 1.22. The lowest BCUT2D eigenvalue weighted by molar-refractivity contribution is -0.379. The van der Waals surface area contributed by atoms with Gasteiger partial charge in [-0.2, -0.15) is 0 Å². The van der Waals surface area contributed by atoms with E-state index in [1.54, 1.807) is 0 Å². The van der Waals surface area contributed by atoms with Gasteiger partial charge in [-0.25, -0.2) is 0 Å². The zero-order valence-electron chi connectivity index (χ0n) is 59.9. The fourth-order valence-corrected chi connectivity index (χ4v) is 13.7. The van der Waals surface area contributed by atoms with Crippen molar-refractivity contribution in [2.24, 2.45) is 0 Å². The molecule has 0 bridgehead atoms. The molecule has 17 atom stereocenters. The van der Waals surface area contributed by atoms with E-state index in [1.165, 1.54) is 257 Å². The van der Waals surface area contributed by atoms with Gasteiger partial charge in [-0.15, -0.1) is 0 Å². The van der Waals surface area contributed by atoms with Crippen LogP contribution in [-0.2, 0) is 33.2 Å². The Morgan fingerprint density at radius 3 is 1.02 bits per heavy atom. The van der Waals surface area contributed by atoms with Gasteiger partial charge in [-0.1, -0.05) is 302 Å². The molecule has 0 saturated carbocycles. The summed E-state index contributed by atoms with van der Waals surface area (Å²) < 4.78 is 34.4. The Kier molecular flexibility index (Phi) is 53.6. The maximum Gasteiger partial charge on any atom is 0.220 e. The van der Waals surface area contributed by atoms with Gasteiger partial charge in [0.2, 0.25) is 5.91 Å². The molecule has 3 aliphatic rings. The maximum atomic E-state index is 13.4. The highest BCUT2D eigenvalue weighted by molar-refractivity contribution is 5.76. The molecule has 12 N–H and O–H groups in total. The highest BCUT2D eigenvalue weighted by Gasteiger charge is 2.54. The van der Waals surface area contributed by atoms with Crippen molar-refractivity contribution in [2.45, 2.75) is 439 Å². The van der Waals surface area contributed by atoms with Crippen LogP contribution in [-0.4, -0.2) is 193 Å². The van der Waals surface area contributed by atoms with E-state index < -0.39 is 124 Å². The van der Waals surface area contributed by atoms with Crippen molar-refractivity contribution in [3.8, 4) is 0 Å². The summed E-state index contributed by atoms with van der Waals surface area (Å²) in [6.07, 6.45) is 41.0. The molecular weight excluding hydrogens is 1210 g/mol. The molecule has 3 saturated heterocycles. The number of allylic oxidation sites excluding steroid dienone is 2. The zero-order valence-corrected chi connectivity index (χ0v) is 59.9. The normalized spacial score (nSPS) is 27.2. The number of hydrogen-bond donors (Lipinski definition) is 12. The predicted molar refractivity (Wildman–Crippen MR) is 374 cm³/mol. The predicted octanol–water partition coefficient (Wildman–Crippen LogP) is 12.4. The summed E-state index contributed by atoms with van der Waals surface area (Å²) in [7, 11) is 0. The van der Waals surface area contributed by atoms with Crippen LogP contribution in [0.15, 0.2) is 12.2 Å². The van der Waals surface area contributed by atoms with E-state index in [2.05, 4.69) is 31.3 Å². The van der Waals surface area contributed by atoms with E-state index in [-0.39, 0.29) is 18.9 Å². The molecule has 0 aromatic carbocycles. The van der Waals surface area contributed by atoms with E-state index in [0.29, 0.717) is 12.8 Å². The third kappa shape index (κ3) is 39.0. The Bertz CT molecular complexity index is 1770. The van der Waals surface area contributed by atoms with Crippen LogP contribution in [0.25, 0.3) is 0 Å². The topological polar surface area (TPSA) is 307 Å². The molecule has 562 valence electrons. The van der Waals surface area contributed by atoms with E-state index in [1.807, 2.05) is 0 Å². The molecule has 17 unspecified atom stereocenters. The lowest BCUT2D eigenvalue weighted by atomic mass is 9.96. The van der Waals surface area contributed by atoms with Crippen LogP contribution in [0.1, 0.15) is 335 Å². The van der Waals surface area contributed by atoms with Crippen LogP contribution >= 0.6 is 0 Å². The molecule has 0 aliphatic carbocycles. The molecule has 0 aromatic rings. The fraction of sp³-hybridized carbons (Fsp3) is 0.961. The van der Waals surface area contributed by atoms with E-state index in [0.717, 1.165) is 44.9 Å². The van der Waals surface area contributed by atoms with Crippen molar-refractivity contribution in [3.05, 3.63) is 12.2 Å². The number of rotatable bonds is 63. The third-order valence-corrected chi connectivity index (χ3v) is 20.1. The van der Waals surface area contributed by atoms with E-state index >= 15 is 0 Å². The number of amides is 1. The van der Waals surface area contributed by atoms with Crippen LogP contribution in [0.5, 0.6) is 0 Å². The van der Waals surface area contributed by atoms with Gasteiger partial charge in [0.05, 0.1) is 38.6 Å². The minimum absolute atomic E-state index is 0.238. The summed E-state index contributed by atoms with van der Waals surface area (Å²) in [6, 6.07) is -0.881. The second-order valence-corrected chi connectivity index (χ2v) is 28.5. The summed E-state index contributed by atoms with van der Waals surface area (Å²) in [6.45, 7) is 1.80. The fourth-order valence-electron chi connectivity index (χ4n) is 13.7. The van der Waals surface area contributed by atoms with Crippen molar-refractivity contribution in [3.63, 3.8) is 0 Å². The summed E-state index contributed by atoms with van der Waals surface area (Å²) in [5.74, 6) is -0.238. The average Bonchev–Trinajstić information content (AvgIpc) is 0.797. The van der Waals surface area contributed by atoms with Crippen LogP contribution < -0.4 is 5.32 Å². The summed E-state index contributed by atoms with van der Waals surface area (Å²) in [5.41, 5.74) is 0. The van der Waals surface area contributed by atoms with Gasteiger partial charge in [0.15, 0.2) is 18.9 Å². The Labute approximate surface area is 576 Å². The summed E-state index contributed by atoms with van der Waals surface area (Å²) >= 11 is 0. The number of unbranched alkanes of at least 4 members (excludes halogenated alkanes) is 45. The first-order valence-electron chi connectivity index (χ1n) is 39.4. The summed E-state index contributed by atoms with van der Waals surface area (Å²) in [4.78, 5) is 13.4. The molecule has 0 spiro atoms. The Morgan fingerprint density at radius 2 is 0.663 bits per heavy atom. The van der Waals surface area contributed by atoms with Crippen LogP contribution in [0.4, 0.5) is 0 Å². The first-order valence-corrected chi connectivity index (χ1v) is 39.4. The SMILES string of the molecule is CCCCCCCCCC/C=C\CCCCCCCCCCCCCCCCCCCCCCCCCCCCCCCC(=O)NC(COC1OC(CO)C(OC2OC(CO)C(OC3OC(CO)C(O)C(O)C3O)C(O)C2O)C(O)C1O)C(O)CCCCCCCCCCC. The summed E-state index contributed by atoms with van der Waals surface area (Å²) in [5, 5.41) is 120. The average molecular weight is 1360 g/mol. The molecule has 1 amide bonds. The molecule has 0 radical (unpaired) electrons. The van der Waals surface area contributed by atoms with Crippen LogP contribution in [0.3, 0.4) is 0 Å². The monoisotopic (exact) mass is 1360 g/mol. The highest BCUT2D eigenvalue weighted by Crippen LogP contribution is 2.33. The third-order valence-electron chi connectivity index (χ3n) is 20.1. The van der Waals surface area contributed by atoms with Gasteiger partial charge in [-0.05, 0) is 38.5 Å². The van der Waals surface area contributed by atoms with E-state index in [9.17, 15) is 61.0 Å². The van der Waals surface area contributed by atoms with Crippen molar-refractivity contribution >= 4 is 5.91 Å². The molecular formula is C76H145NO18. The smallest absolute Gasteiger partial charge is 0.220 e. The van der Waals surface area contributed by atoms with Crippen molar-refractivity contribution in [2.75, 3.05) is 26.4 Å². The number of carbonyl (C=O) groups is 1. The minimum atomic E-state index is -1.97. The van der Waals surface area contributed by atoms with Gasteiger partial charge < -0.3 is 89.9 Å². The number of ether oxygens (including phenoxy) is 6. The van der Waals surface area contributed by atoms with Gasteiger partial charge in [0.25, 0.3) is 0 Å². The molecule has 3 fully saturated rings. The number of aliphatic hydroxyl groups is 11. The van der Waals surface area contributed by atoms with Crippen LogP contribution in [0.2, 0.25) is 0 Å². The van der Waals surface area contributed by atoms with Crippen molar-refractivity contribution < 1.29 is 89.4 Å². The van der Waals surface area contributed by atoms with Gasteiger partial charge in [0, 0.05) is 6.42 Å². The van der Waals surface area contributed by atoms with Crippen LogP contribution in [0, 0.1) is 0 Å². The molecule has 3 aliphatic heterocycles. The van der Waals surface area contributed by atoms with Gasteiger partial charge >= 0.3 is 0 Å². The molecule has 3 rings (SSSR count).